The van der Waals surface area contributed by atoms with Crippen molar-refractivity contribution in [3.8, 4) is 17.3 Å². The lowest BCUT2D eigenvalue weighted by atomic mass is 10.2. The van der Waals surface area contributed by atoms with Crippen LogP contribution in [0.3, 0.4) is 0 Å². The zero-order valence-corrected chi connectivity index (χ0v) is 14.4. The van der Waals surface area contributed by atoms with E-state index in [1.54, 1.807) is 23.3 Å². The number of nitrogens with zero attached hydrogens (tertiary/aromatic N) is 5. The number of pyridine rings is 1. The molecule has 8 heteroatoms. The minimum absolute atomic E-state index is 0.190. The number of nitrogens with one attached hydrogen (secondary N) is 1. The summed E-state index contributed by atoms with van der Waals surface area (Å²) < 4.78 is 6.95. The fraction of sp³-hybridized carbons (Fsp3) is 0.353. The van der Waals surface area contributed by atoms with E-state index in [4.69, 9.17) is 4.52 Å². The Morgan fingerprint density at radius 1 is 1.32 bits per heavy atom. The molecule has 0 aliphatic rings. The molecule has 3 heterocycles. The minimum atomic E-state index is -0.190. The third-order valence-electron chi connectivity index (χ3n) is 3.57. The molecule has 8 nitrogen and oxygen atoms in total. The Labute approximate surface area is 145 Å². The molecule has 0 aromatic carbocycles. The van der Waals surface area contributed by atoms with E-state index in [-0.39, 0.29) is 11.8 Å². The van der Waals surface area contributed by atoms with Gasteiger partial charge in [-0.3, -0.25) is 9.36 Å². The molecule has 0 saturated carbocycles. The number of carbonyl (C=O) groups excluding carboxylic acids is 1. The SMILES string of the molecule is CCCNC(=O)c1cn(-c2ccc(-c3nc(C(C)C)no3)cn2)cn1. The van der Waals surface area contributed by atoms with Crippen LogP contribution in [0, 0.1) is 0 Å². The summed E-state index contributed by atoms with van der Waals surface area (Å²) >= 11 is 0. The maximum Gasteiger partial charge on any atom is 0.271 e. The van der Waals surface area contributed by atoms with Gasteiger partial charge in [0.2, 0.25) is 0 Å². The van der Waals surface area contributed by atoms with Crippen LogP contribution in [0.5, 0.6) is 0 Å². The molecule has 130 valence electrons. The molecular weight excluding hydrogens is 320 g/mol. The quantitative estimate of drug-likeness (QED) is 0.740. The Morgan fingerprint density at radius 3 is 2.80 bits per heavy atom. The molecule has 0 bridgehead atoms. The zero-order chi connectivity index (χ0) is 17.8. The van der Waals surface area contributed by atoms with E-state index in [1.807, 2.05) is 32.9 Å². The zero-order valence-electron chi connectivity index (χ0n) is 14.4. The van der Waals surface area contributed by atoms with E-state index >= 15 is 0 Å². The summed E-state index contributed by atoms with van der Waals surface area (Å²) in [6.07, 6.45) is 5.75. The van der Waals surface area contributed by atoms with Crippen molar-refractivity contribution in [2.24, 2.45) is 0 Å². The van der Waals surface area contributed by atoms with E-state index in [0.717, 1.165) is 12.0 Å². The van der Waals surface area contributed by atoms with Gasteiger partial charge < -0.3 is 9.84 Å². The summed E-state index contributed by atoms with van der Waals surface area (Å²) in [5.41, 5.74) is 1.10. The number of hydrogen-bond donors (Lipinski definition) is 1. The lowest BCUT2D eigenvalue weighted by molar-refractivity contribution is 0.0949. The molecule has 25 heavy (non-hydrogen) atoms. The topological polar surface area (TPSA) is 98.7 Å². The largest absolute Gasteiger partial charge is 0.351 e. The Balaban J connectivity index is 1.76. The number of rotatable bonds is 6. The second kappa shape index (κ2) is 7.25. The van der Waals surface area contributed by atoms with Crippen molar-refractivity contribution < 1.29 is 9.32 Å². The number of carbonyl (C=O) groups is 1. The predicted molar refractivity (Wildman–Crippen MR) is 91.4 cm³/mol. The van der Waals surface area contributed by atoms with Gasteiger partial charge in [-0.2, -0.15) is 4.98 Å². The van der Waals surface area contributed by atoms with Gasteiger partial charge >= 0.3 is 0 Å². The van der Waals surface area contributed by atoms with E-state index in [9.17, 15) is 4.79 Å². The highest BCUT2D eigenvalue weighted by Gasteiger charge is 2.13. The number of hydrogen-bond acceptors (Lipinski definition) is 6. The summed E-state index contributed by atoms with van der Waals surface area (Å²) in [5, 5.41) is 6.74. The summed E-state index contributed by atoms with van der Waals surface area (Å²) in [4.78, 5) is 24.8. The maximum atomic E-state index is 11.9. The molecule has 0 aliphatic heterocycles. The highest BCUT2D eigenvalue weighted by Crippen LogP contribution is 2.20. The molecule has 3 aromatic heterocycles. The first-order valence-corrected chi connectivity index (χ1v) is 8.21. The minimum Gasteiger partial charge on any atom is -0.351 e. The number of imidazole rings is 1. The van der Waals surface area contributed by atoms with Crippen molar-refractivity contribution in [3.63, 3.8) is 0 Å². The number of aromatic nitrogens is 5. The molecule has 0 atom stereocenters. The highest BCUT2D eigenvalue weighted by atomic mass is 16.5. The molecule has 0 unspecified atom stereocenters. The van der Waals surface area contributed by atoms with Crippen LogP contribution in [0.25, 0.3) is 17.3 Å². The van der Waals surface area contributed by atoms with Crippen LogP contribution in [0.15, 0.2) is 35.4 Å². The average Bonchev–Trinajstić information content (AvgIpc) is 3.29. The Bertz CT molecular complexity index is 850. The third-order valence-corrected chi connectivity index (χ3v) is 3.57. The van der Waals surface area contributed by atoms with Crippen molar-refractivity contribution in [2.75, 3.05) is 6.54 Å². The predicted octanol–water partition coefficient (Wildman–Crippen LogP) is 2.58. The van der Waals surface area contributed by atoms with Crippen molar-refractivity contribution >= 4 is 5.91 Å². The smallest absolute Gasteiger partial charge is 0.271 e. The molecule has 1 N–H and O–H groups in total. The van der Waals surface area contributed by atoms with E-state index < -0.39 is 0 Å². The lowest BCUT2D eigenvalue weighted by Crippen LogP contribution is -2.24. The first kappa shape index (κ1) is 16.8. The summed E-state index contributed by atoms with van der Waals surface area (Å²) in [5.74, 6) is 1.76. The van der Waals surface area contributed by atoms with Crippen LogP contribution >= 0.6 is 0 Å². The van der Waals surface area contributed by atoms with Crippen LogP contribution in [-0.4, -0.2) is 37.1 Å². The molecule has 0 spiro atoms. The average molecular weight is 340 g/mol. The third kappa shape index (κ3) is 3.73. The molecule has 0 radical (unpaired) electrons. The van der Waals surface area contributed by atoms with Gasteiger partial charge in [0.1, 0.15) is 17.8 Å². The lowest BCUT2D eigenvalue weighted by Gasteiger charge is -2.01. The van der Waals surface area contributed by atoms with Crippen molar-refractivity contribution in [1.29, 1.82) is 0 Å². The van der Waals surface area contributed by atoms with Gasteiger partial charge in [0.25, 0.3) is 11.8 Å². The monoisotopic (exact) mass is 340 g/mol. The summed E-state index contributed by atoms with van der Waals surface area (Å²) in [7, 11) is 0. The van der Waals surface area contributed by atoms with Gasteiger partial charge in [0.05, 0.1) is 5.56 Å². The van der Waals surface area contributed by atoms with Crippen LogP contribution in [0.2, 0.25) is 0 Å². The van der Waals surface area contributed by atoms with Crippen LogP contribution < -0.4 is 5.32 Å². The van der Waals surface area contributed by atoms with Gasteiger partial charge in [0, 0.05) is 24.9 Å². The molecule has 0 saturated heterocycles. The van der Waals surface area contributed by atoms with E-state index in [2.05, 4.69) is 25.4 Å². The Hall–Kier alpha value is -3.03. The summed E-state index contributed by atoms with van der Waals surface area (Å²) in [6, 6.07) is 3.65. The molecule has 1 amide bonds. The fourth-order valence-corrected chi connectivity index (χ4v) is 2.15. The maximum absolute atomic E-state index is 11.9. The molecular formula is C17H20N6O2. The van der Waals surface area contributed by atoms with E-state index in [1.165, 1.54) is 0 Å². The van der Waals surface area contributed by atoms with Crippen LogP contribution in [0.1, 0.15) is 49.4 Å². The fourth-order valence-electron chi connectivity index (χ4n) is 2.15. The van der Waals surface area contributed by atoms with Gasteiger partial charge in [-0.1, -0.05) is 25.9 Å². The van der Waals surface area contributed by atoms with Crippen molar-refractivity contribution in [1.82, 2.24) is 30.0 Å². The van der Waals surface area contributed by atoms with Crippen molar-refractivity contribution in [2.45, 2.75) is 33.1 Å². The van der Waals surface area contributed by atoms with Gasteiger partial charge in [-0.15, -0.1) is 0 Å². The van der Waals surface area contributed by atoms with Crippen LogP contribution in [0.4, 0.5) is 0 Å². The first-order chi connectivity index (χ1) is 12.1. The van der Waals surface area contributed by atoms with Crippen molar-refractivity contribution in [3.05, 3.63) is 42.4 Å². The highest BCUT2D eigenvalue weighted by molar-refractivity contribution is 5.92. The molecule has 3 rings (SSSR count). The standard InChI is InChI=1S/C17H20N6O2/c1-4-7-18-16(24)13-9-23(10-20-13)14-6-5-12(8-19-14)17-21-15(11(2)3)22-25-17/h5-6,8-11H,4,7H2,1-3H3,(H,18,24). The second-order valence-corrected chi connectivity index (χ2v) is 5.94. The van der Waals surface area contributed by atoms with Gasteiger partial charge in [0.15, 0.2) is 5.82 Å². The normalized spacial score (nSPS) is 11.0. The van der Waals surface area contributed by atoms with E-state index in [0.29, 0.717) is 29.8 Å². The number of amides is 1. The molecule has 0 aliphatic carbocycles. The van der Waals surface area contributed by atoms with Gasteiger partial charge in [-0.05, 0) is 18.6 Å². The molecule has 0 fully saturated rings. The molecule has 3 aromatic rings. The van der Waals surface area contributed by atoms with Crippen LogP contribution in [-0.2, 0) is 0 Å². The Kier molecular flexibility index (Phi) is 4.87. The first-order valence-electron chi connectivity index (χ1n) is 8.21. The second-order valence-electron chi connectivity index (χ2n) is 5.94. The van der Waals surface area contributed by atoms with Gasteiger partial charge in [-0.25, -0.2) is 9.97 Å². The Morgan fingerprint density at radius 2 is 2.16 bits per heavy atom. The summed E-state index contributed by atoms with van der Waals surface area (Å²) in [6.45, 7) is 6.63.